The van der Waals surface area contributed by atoms with E-state index in [9.17, 15) is 4.79 Å². The first-order valence-electron chi connectivity index (χ1n) is 7.48. The molecule has 0 N–H and O–H groups in total. The highest BCUT2D eigenvalue weighted by Crippen LogP contribution is 2.26. The van der Waals surface area contributed by atoms with Crippen molar-refractivity contribution in [3.05, 3.63) is 101 Å². The van der Waals surface area contributed by atoms with Crippen molar-refractivity contribution in [1.82, 2.24) is 4.98 Å². The molecule has 0 radical (unpaired) electrons. The smallest absolute Gasteiger partial charge is 0.339 e. The third-order valence-corrected chi connectivity index (χ3v) is 3.65. The molecule has 0 amide bonds. The van der Waals surface area contributed by atoms with E-state index in [-0.39, 0.29) is 5.97 Å². The maximum absolute atomic E-state index is 12.6. The van der Waals surface area contributed by atoms with Gasteiger partial charge in [-0.15, -0.1) is 0 Å². The van der Waals surface area contributed by atoms with Gasteiger partial charge in [-0.25, -0.2) is 4.79 Å². The van der Waals surface area contributed by atoms with Crippen LogP contribution in [0.4, 0.5) is 0 Å². The Kier molecular flexibility index (Phi) is 4.48. The number of ether oxygens (including phenoxy) is 1. The maximum Gasteiger partial charge on any atom is 0.339 e. The largest absolute Gasteiger partial charge is 0.447 e. The Hall–Kier alpha value is -2.94. The number of hydrogen-bond donors (Lipinski definition) is 0. The third-order valence-electron chi connectivity index (χ3n) is 3.65. The molecular formula is C20H17NO2. The average Bonchev–Trinajstić information content (AvgIpc) is 2.61. The van der Waals surface area contributed by atoms with Gasteiger partial charge in [-0.2, -0.15) is 0 Å². The second kappa shape index (κ2) is 6.88. The summed E-state index contributed by atoms with van der Waals surface area (Å²) in [5.41, 5.74) is 3.07. The number of carbonyl (C=O) groups is 1. The molecule has 1 atom stereocenters. The lowest BCUT2D eigenvalue weighted by atomic mass is 10.1. The average molecular weight is 303 g/mol. The third kappa shape index (κ3) is 3.46. The van der Waals surface area contributed by atoms with Crippen LogP contribution in [0.3, 0.4) is 0 Å². The second-order valence-electron chi connectivity index (χ2n) is 5.27. The van der Waals surface area contributed by atoms with Crippen molar-refractivity contribution in [3.8, 4) is 0 Å². The van der Waals surface area contributed by atoms with Crippen molar-refractivity contribution in [2.45, 2.75) is 13.0 Å². The van der Waals surface area contributed by atoms with Gasteiger partial charge in [0.05, 0.1) is 11.3 Å². The topological polar surface area (TPSA) is 39.2 Å². The molecule has 3 rings (SSSR count). The van der Waals surface area contributed by atoms with E-state index < -0.39 is 6.10 Å². The summed E-state index contributed by atoms with van der Waals surface area (Å²) < 4.78 is 5.79. The number of rotatable bonds is 4. The minimum Gasteiger partial charge on any atom is -0.447 e. The molecule has 1 heterocycles. The number of pyridine rings is 1. The first kappa shape index (κ1) is 15.0. The fourth-order valence-electron chi connectivity index (χ4n) is 2.43. The van der Waals surface area contributed by atoms with E-state index in [2.05, 4.69) is 4.98 Å². The first-order chi connectivity index (χ1) is 11.3. The number of aromatic nitrogens is 1. The molecule has 0 saturated carbocycles. The summed E-state index contributed by atoms with van der Waals surface area (Å²) in [6.07, 6.45) is 1.18. The molecule has 0 spiro atoms. The fourth-order valence-corrected chi connectivity index (χ4v) is 2.43. The Balaban J connectivity index is 1.94. The van der Waals surface area contributed by atoms with Crippen LogP contribution in [-0.4, -0.2) is 11.0 Å². The minimum absolute atomic E-state index is 0.345. The summed E-state index contributed by atoms with van der Waals surface area (Å²) >= 11 is 0. The van der Waals surface area contributed by atoms with Gasteiger partial charge < -0.3 is 4.74 Å². The molecule has 114 valence electrons. The van der Waals surface area contributed by atoms with Crippen molar-refractivity contribution in [1.29, 1.82) is 0 Å². The highest BCUT2D eigenvalue weighted by atomic mass is 16.5. The highest BCUT2D eigenvalue weighted by molar-refractivity contribution is 5.91. The van der Waals surface area contributed by atoms with Crippen LogP contribution in [0.5, 0.6) is 0 Å². The van der Waals surface area contributed by atoms with Crippen LogP contribution in [-0.2, 0) is 4.74 Å². The quantitative estimate of drug-likeness (QED) is 0.673. The van der Waals surface area contributed by atoms with Crippen LogP contribution in [0.2, 0.25) is 0 Å². The Bertz CT molecular complexity index is 746. The SMILES string of the molecule is Cc1ccccc1C(=O)OC(c1ccccc1)c1ccccn1. The van der Waals surface area contributed by atoms with Gasteiger partial charge in [-0.3, -0.25) is 4.98 Å². The van der Waals surface area contributed by atoms with Crippen LogP contribution < -0.4 is 0 Å². The molecule has 0 aliphatic carbocycles. The number of esters is 1. The van der Waals surface area contributed by atoms with Gasteiger partial charge in [0.25, 0.3) is 0 Å². The molecule has 1 aromatic heterocycles. The molecule has 0 saturated heterocycles. The molecule has 3 aromatic rings. The number of hydrogen-bond acceptors (Lipinski definition) is 3. The van der Waals surface area contributed by atoms with Gasteiger partial charge in [0.1, 0.15) is 0 Å². The zero-order chi connectivity index (χ0) is 16.1. The van der Waals surface area contributed by atoms with Crippen molar-refractivity contribution >= 4 is 5.97 Å². The van der Waals surface area contributed by atoms with E-state index in [1.54, 1.807) is 12.3 Å². The van der Waals surface area contributed by atoms with E-state index in [0.29, 0.717) is 11.3 Å². The van der Waals surface area contributed by atoms with Crippen molar-refractivity contribution in [3.63, 3.8) is 0 Å². The van der Waals surface area contributed by atoms with Crippen LogP contribution in [0.25, 0.3) is 0 Å². The fraction of sp³-hybridized carbons (Fsp3) is 0.100. The lowest BCUT2D eigenvalue weighted by Gasteiger charge is -2.18. The van der Waals surface area contributed by atoms with Crippen molar-refractivity contribution < 1.29 is 9.53 Å². The van der Waals surface area contributed by atoms with Crippen LogP contribution >= 0.6 is 0 Å². The molecule has 0 aliphatic heterocycles. The van der Waals surface area contributed by atoms with Crippen LogP contribution in [0.15, 0.2) is 79.0 Å². The Morgan fingerprint density at radius 1 is 0.913 bits per heavy atom. The van der Waals surface area contributed by atoms with E-state index in [1.165, 1.54) is 0 Å². The molecule has 0 bridgehead atoms. The highest BCUT2D eigenvalue weighted by Gasteiger charge is 2.21. The number of benzene rings is 2. The normalized spacial score (nSPS) is 11.7. The molecule has 0 aliphatic rings. The van der Waals surface area contributed by atoms with Crippen molar-refractivity contribution in [2.24, 2.45) is 0 Å². The van der Waals surface area contributed by atoms with E-state index in [0.717, 1.165) is 11.1 Å². The van der Waals surface area contributed by atoms with Gasteiger partial charge in [-0.05, 0) is 36.2 Å². The summed E-state index contributed by atoms with van der Waals surface area (Å²) in [5.74, 6) is -0.345. The summed E-state index contributed by atoms with van der Waals surface area (Å²) in [5, 5.41) is 0. The summed E-state index contributed by atoms with van der Waals surface area (Å²) in [6.45, 7) is 1.90. The second-order valence-corrected chi connectivity index (χ2v) is 5.27. The molecule has 3 nitrogen and oxygen atoms in total. The summed E-state index contributed by atoms with van der Waals surface area (Å²) in [6, 6.07) is 22.7. The predicted octanol–water partition coefficient (Wildman–Crippen LogP) is 4.34. The predicted molar refractivity (Wildman–Crippen MR) is 89.1 cm³/mol. The first-order valence-corrected chi connectivity index (χ1v) is 7.48. The molecule has 3 heteroatoms. The zero-order valence-corrected chi connectivity index (χ0v) is 12.8. The molecule has 2 aromatic carbocycles. The van der Waals surface area contributed by atoms with E-state index in [1.807, 2.05) is 73.7 Å². The number of aryl methyl sites for hydroxylation is 1. The lowest BCUT2D eigenvalue weighted by molar-refractivity contribution is 0.0370. The number of nitrogens with zero attached hydrogens (tertiary/aromatic N) is 1. The van der Waals surface area contributed by atoms with Gasteiger partial charge in [0, 0.05) is 6.20 Å². The van der Waals surface area contributed by atoms with E-state index >= 15 is 0 Å². The van der Waals surface area contributed by atoms with Crippen molar-refractivity contribution in [2.75, 3.05) is 0 Å². The van der Waals surface area contributed by atoms with Gasteiger partial charge in [0.15, 0.2) is 6.10 Å². The Labute approximate surface area is 135 Å². The lowest BCUT2D eigenvalue weighted by Crippen LogP contribution is -2.15. The minimum atomic E-state index is -0.524. The molecule has 0 fully saturated rings. The maximum atomic E-state index is 12.6. The molecule has 1 unspecified atom stereocenters. The van der Waals surface area contributed by atoms with Gasteiger partial charge in [-0.1, -0.05) is 54.6 Å². The standard InChI is InChI=1S/C20H17NO2/c1-15-9-5-6-12-17(15)20(22)23-19(16-10-3-2-4-11-16)18-13-7-8-14-21-18/h2-14,19H,1H3. The summed E-state index contributed by atoms with van der Waals surface area (Å²) in [4.78, 5) is 16.9. The van der Waals surface area contributed by atoms with Crippen LogP contribution in [0, 0.1) is 6.92 Å². The zero-order valence-electron chi connectivity index (χ0n) is 12.8. The Morgan fingerprint density at radius 3 is 2.30 bits per heavy atom. The summed E-state index contributed by atoms with van der Waals surface area (Å²) in [7, 11) is 0. The molecule has 23 heavy (non-hydrogen) atoms. The molecular weight excluding hydrogens is 286 g/mol. The Morgan fingerprint density at radius 2 is 1.61 bits per heavy atom. The van der Waals surface area contributed by atoms with Gasteiger partial charge >= 0.3 is 5.97 Å². The van der Waals surface area contributed by atoms with Crippen LogP contribution in [0.1, 0.15) is 33.3 Å². The monoisotopic (exact) mass is 303 g/mol. The number of carbonyl (C=O) groups excluding carboxylic acids is 1. The van der Waals surface area contributed by atoms with E-state index in [4.69, 9.17) is 4.74 Å². The van der Waals surface area contributed by atoms with Gasteiger partial charge in [0.2, 0.25) is 0 Å².